The SMILES string of the molecule is CN(CCC(=O)O)C(=O)CN1C(=O)N[C@@](C)(C2CC2)C1=O. The number of aliphatic carboxylic acids is 1. The molecule has 21 heavy (non-hydrogen) atoms. The van der Waals surface area contributed by atoms with Crippen LogP contribution in [0, 0.1) is 5.92 Å². The minimum Gasteiger partial charge on any atom is -0.481 e. The molecular weight excluding hydrogens is 278 g/mol. The van der Waals surface area contributed by atoms with Gasteiger partial charge in [0.1, 0.15) is 12.1 Å². The average Bonchev–Trinajstić information content (AvgIpc) is 3.22. The Morgan fingerprint density at radius 3 is 2.57 bits per heavy atom. The van der Waals surface area contributed by atoms with Gasteiger partial charge in [-0.1, -0.05) is 0 Å². The number of likely N-dealkylation sites (N-methyl/N-ethyl adjacent to an activating group) is 1. The van der Waals surface area contributed by atoms with Crippen LogP contribution < -0.4 is 5.32 Å². The highest BCUT2D eigenvalue weighted by Gasteiger charge is 2.56. The molecule has 0 spiro atoms. The van der Waals surface area contributed by atoms with Crippen molar-refractivity contribution in [3.05, 3.63) is 0 Å². The third-order valence-electron chi connectivity index (χ3n) is 4.08. The summed E-state index contributed by atoms with van der Waals surface area (Å²) in [5.41, 5.74) is -0.906. The predicted molar refractivity (Wildman–Crippen MR) is 71.3 cm³/mol. The number of carbonyl (C=O) groups excluding carboxylic acids is 3. The summed E-state index contributed by atoms with van der Waals surface area (Å²) in [6.45, 7) is 1.37. The first-order valence-electron chi connectivity index (χ1n) is 6.85. The summed E-state index contributed by atoms with van der Waals surface area (Å²) in [7, 11) is 1.45. The summed E-state index contributed by atoms with van der Waals surface area (Å²) < 4.78 is 0. The van der Waals surface area contributed by atoms with Crippen molar-refractivity contribution in [3.8, 4) is 0 Å². The number of urea groups is 1. The van der Waals surface area contributed by atoms with Gasteiger partial charge in [0.05, 0.1) is 6.42 Å². The molecule has 116 valence electrons. The van der Waals surface area contributed by atoms with E-state index in [4.69, 9.17) is 5.11 Å². The van der Waals surface area contributed by atoms with E-state index in [1.165, 1.54) is 11.9 Å². The number of carboxylic acid groups (broad SMARTS) is 1. The Morgan fingerprint density at radius 2 is 2.05 bits per heavy atom. The zero-order valence-corrected chi connectivity index (χ0v) is 12.1. The molecule has 0 aromatic carbocycles. The molecule has 2 rings (SSSR count). The Hall–Kier alpha value is -2.12. The molecule has 8 nitrogen and oxygen atoms in total. The van der Waals surface area contributed by atoms with Crippen LogP contribution in [0.25, 0.3) is 0 Å². The molecule has 4 amide bonds. The summed E-state index contributed by atoms with van der Waals surface area (Å²) in [5, 5.41) is 11.2. The number of nitrogens with one attached hydrogen (secondary N) is 1. The minimum absolute atomic E-state index is 0.0394. The van der Waals surface area contributed by atoms with E-state index in [0.717, 1.165) is 17.7 Å². The van der Waals surface area contributed by atoms with Gasteiger partial charge in [0, 0.05) is 13.6 Å². The fraction of sp³-hybridized carbons (Fsp3) is 0.692. The van der Waals surface area contributed by atoms with E-state index < -0.39 is 23.4 Å². The van der Waals surface area contributed by atoms with Crippen LogP contribution >= 0.6 is 0 Å². The number of hydrogen-bond donors (Lipinski definition) is 2. The van der Waals surface area contributed by atoms with Gasteiger partial charge in [0.15, 0.2) is 0 Å². The molecule has 1 atom stereocenters. The number of imide groups is 1. The van der Waals surface area contributed by atoms with Crippen LogP contribution in [0.2, 0.25) is 0 Å². The van der Waals surface area contributed by atoms with E-state index >= 15 is 0 Å². The van der Waals surface area contributed by atoms with Gasteiger partial charge in [-0.2, -0.15) is 0 Å². The van der Waals surface area contributed by atoms with E-state index in [-0.39, 0.29) is 31.3 Å². The maximum absolute atomic E-state index is 12.3. The molecule has 0 radical (unpaired) electrons. The lowest BCUT2D eigenvalue weighted by molar-refractivity contribution is -0.140. The monoisotopic (exact) mass is 297 g/mol. The standard InChI is InChI=1S/C13H19N3O5/c1-13(8-3-4-8)11(20)16(12(21)14-13)7-9(17)15(2)6-5-10(18)19/h8H,3-7H2,1-2H3,(H,14,21)(H,18,19)/t13-/m0/s1. The van der Waals surface area contributed by atoms with E-state index in [9.17, 15) is 19.2 Å². The van der Waals surface area contributed by atoms with Crippen LogP contribution in [0.3, 0.4) is 0 Å². The topological polar surface area (TPSA) is 107 Å². The Morgan fingerprint density at radius 1 is 1.43 bits per heavy atom. The molecule has 1 saturated carbocycles. The summed E-state index contributed by atoms with van der Waals surface area (Å²) in [5.74, 6) is -1.71. The Balaban J connectivity index is 1.96. The van der Waals surface area contributed by atoms with Gasteiger partial charge in [-0.25, -0.2) is 4.79 Å². The number of amides is 4. The van der Waals surface area contributed by atoms with E-state index in [2.05, 4.69) is 5.32 Å². The molecule has 0 aromatic rings. The molecule has 0 unspecified atom stereocenters. The molecule has 2 fully saturated rings. The second-order valence-corrected chi connectivity index (χ2v) is 5.76. The van der Waals surface area contributed by atoms with Crippen LogP contribution in [0.4, 0.5) is 4.79 Å². The van der Waals surface area contributed by atoms with Gasteiger partial charge in [0.2, 0.25) is 5.91 Å². The molecule has 2 N–H and O–H groups in total. The first-order valence-corrected chi connectivity index (χ1v) is 6.85. The molecule has 0 aromatic heterocycles. The molecule has 8 heteroatoms. The lowest BCUT2D eigenvalue weighted by atomic mass is 9.96. The van der Waals surface area contributed by atoms with Crippen molar-refractivity contribution in [1.29, 1.82) is 0 Å². The van der Waals surface area contributed by atoms with Crippen molar-refractivity contribution in [3.63, 3.8) is 0 Å². The molecule has 1 aliphatic heterocycles. The Labute approximate surface area is 122 Å². The fourth-order valence-corrected chi connectivity index (χ4v) is 2.44. The highest BCUT2D eigenvalue weighted by atomic mass is 16.4. The fourth-order valence-electron chi connectivity index (χ4n) is 2.44. The molecule has 0 bridgehead atoms. The highest BCUT2D eigenvalue weighted by Crippen LogP contribution is 2.42. The van der Waals surface area contributed by atoms with Crippen LogP contribution in [0.15, 0.2) is 0 Å². The van der Waals surface area contributed by atoms with Gasteiger partial charge in [-0.15, -0.1) is 0 Å². The zero-order chi connectivity index (χ0) is 15.8. The smallest absolute Gasteiger partial charge is 0.325 e. The average molecular weight is 297 g/mol. The summed E-state index contributed by atoms with van der Waals surface area (Å²) in [6, 6.07) is -0.561. The van der Waals surface area contributed by atoms with Crippen molar-refractivity contribution in [2.75, 3.05) is 20.1 Å². The largest absolute Gasteiger partial charge is 0.481 e. The van der Waals surface area contributed by atoms with Gasteiger partial charge in [-0.05, 0) is 25.7 Å². The van der Waals surface area contributed by atoms with Gasteiger partial charge in [-0.3, -0.25) is 19.3 Å². The number of rotatable bonds is 6. The summed E-state index contributed by atoms with van der Waals surface area (Å²) in [6.07, 6.45) is 1.60. The highest BCUT2D eigenvalue weighted by molar-refractivity contribution is 6.09. The third kappa shape index (κ3) is 2.98. The van der Waals surface area contributed by atoms with Crippen molar-refractivity contribution in [2.45, 2.75) is 31.7 Å². The number of carboxylic acids is 1. The lowest BCUT2D eigenvalue weighted by Crippen LogP contribution is -2.47. The van der Waals surface area contributed by atoms with Crippen LogP contribution in [0.5, 0.6) is 0 Å². The minimum atomic E-state index is -1.01. The van der Waals surface area contributed by atoms with Crippen molar-refractivity contribution < 1.29 is 24.3 Å². The molecule has 1 aliphatic carbocycles. The molecular formula is C13H19N3O5. The van der Waals surface area contributed by atoms with Gasteiger partial charge >= 0.3 is 12.0 Å². The van der Waals surface area contributed by atoms with E-state index in [1.807, 2.05) is 0 Å². The molecule has 1 saturated heterocycles. The predicted octanol–water partition coefficient (Wildman–Crippen LogP) is -0.360. The Bertz CT molecular complexity index is 502. The normalized spacial score (nSPS) is 25.0. The maximum atomic E-state index is 12.3. The third-order valence-corrected chi connectivity index (χ3v) is 4.08. The number of hydrogen-bond acceptors (Lipinski definition) is 4. The second kappa shape index (κ2) is 5.34. The zero-order valence-electron chi connectivity index (χ0n) is 12.1. The van der Waals surface area contributed by atoms with Crippen molar-refractivity contribution in [1.82, 2.24) is 15.1 Å². The second-order valence-electron chi connectivity index (χ2n) is 5.76. The number of carbonyl (C=O) groups is 4. The Kier molecular flexibility index (Phi) is 3.89. The summed E-state index contributed by atoms with van der Waals surface area (Å²) in [4.78, 5) is 48.8. The van der Waals surface area contributed by atoms with Crippen LogP contribution in [-0.2, 0) is 14.4 Å². The lowest BCUT2D eigenvalue weighted by Gasteiger charge is -2.22. The quantitative estimate of drug-likeness (QED) is 0.651. The maximum Gasteiger partial charge on any atom is 0.325 e. The van der Waals surface area contributed by atoms with Crippen molar-refractivity contribution in [2.24, 2.45) is 5.92 Å². The first kappa shape index (κ1) is 15.3. The van der Waals surface area contributed by atoms with Crippen LogP contribution in [0.1, 0.15) is 26.2 Å². The molecule has 1 heterocycles. The molecule has 2 aliphatic rings. The number of nitrogens with zero attached hydrogens (tertiary/aromatic N) is 2. The summed E-state index contributed by atoms with van der Waals surface area (Å²) >= 11 is 0. The van der Waals surface area contributed by atoms with Crippen molar-refractivity contribution >= 4 is 23.8 Å². The van der Waals surface area contributed by atoms with Crippen LogP contribution in [-0.4, -0.2) is 64.4 Å². The van der Waals surface area contributed by atoms with E-state index in [1.54, 1.807) is 6.92 Å². The van der Waals surface area contributed by atoms with E-state index in [0.29, 0.717) is 0 Å². The van der Waals surface area contributed by atoms with Gasteiger partial charge < -0.3 is 15.3 Å². The first-order chi connectivity index (χ1) is 9.75. The van der Waals surface area contributed by atoms with Gasteiger partial charge in [0.25, 0.3) is 5.91 Å².